The maximum Gasteiger partial charge on any atom is 0.194 e. The number of aromatic nitrogens is 1. The lowest BCUT2D eigenvalue weighted by atomic mass is 10.2. The van der Waals surface area contributed by atoms with E-state index < -0.39 is 0 Å². The van der Waals surface area contributed by atoms with Gasteiger partial charge in [0.1, 0.15) is 0 Å². The van der Waals surface area contributed by atoms with E-state index in [0.717, 1.165) is 15.9 Å². The summed E-state index contributed by atoms with van der Waals surface area (Å²) in [6, 6.07) is 0.532. The number of nitrogens with zero attached hydrogens (tertiary/aromatic N) is 1. The molecule has 2 heterocycles. The topological polar surface area (TPSA) is 43.4 Å². The van der Waals surface area contributed by atoms with Crippen molar-refractivity contribution in [2.75, 3.05) is 18.5 Å². The second kappa shape index (κ2) is 4.31. The van der Waals surface area contributed by atoms with Gasteiger partial charge in [0.05, 0.1) is 18.1 Å². The van der Waals surface area contributed by atoms with Crippen LogP contribution in [0.15, 0.2) is 6.20 Å². The fraction of sp³-hybridized carbons (Fsp3) is 0.727. The molecule has 1 aromatic rings. The SMILES string of the molecule is CC(Nc1ncc(C2OCCO2)s1)C1CC1. The molecule has 2 aliphatic rings. The van der Waals surface area contributed by atoms with Crippen molar-refractivity contribution in [3.8, 4) is 0 Å². The van der Waals surface area contributed by atoms with Gasteiger partial charge in [-0.15, -0.1) is 0 Å². The van der Waals surface area contributed by atoms with Crippen molar-refractivity contribution < 1.29 is 9.47 Å². The molecule has 1 unspecified atom stereocenters. The van der Waals surface area contributed by atoms with Crippen LogP contribution in [-0.4, -0.2) is 24.2 Å². The molecule has 5 heteroatoms. The van der Waals surface area contributed by atoms with Crippen LogP contribution in [0, 0.1) is 5.92 Å². The lowest BCUT2D eigenvalue weighted by Crippen LogP contribution is -2.16. The van der Waals surface area contributed by atoms with Gasteiger partial charge in [0.15, 0.2) is 11.4 Å². The van der Waals surface area contributed by atoms with Gasteiger partial charge in [0.25, 0.3) is 0 Å². The van der Waals surface area contributed by atoms with Crippen LogP contribution in [-0.2, 0) is 9.47 Å². The predicted octanol–water partition coefficient (Wildman–Crippen LogP) is 2.40. The van der Waals surface area contributed by atoms with Crippen LogP contribution in [0.3, 0.4) is 0 Å². The number of thiazole rings is 1. The number of anilines is 1. The monoisotopic (exact) mass is 240 g/mol. The number of nitrogens with one attached hydrogen (secondary N) is 1. The molecule has 88 valence electrons. The molecule has 1 atom stereocenters. The van der Waals surface area contributed by atoms with E-state index in [9.17, 15) is 0 Å². The fourth-order valence-electron chi connectivity index (χ4n) is 1.89. The van der Waals surface area contributed by atoms with Crippen molar-refractivity contribution in [2.45, 2.75) is 32.1 Å². The van der Waals surface area contributed by atoms with Gasteiger partial charge in [0, 0.05) is 12.2 Å². The lowest BCUT2D eigenvalue weighted by molar-refractivity contribution is -0.0414. The highest BCUT2D eigenvalue weighted by molar-refractivity contribution is 7.15. The van der Waals surface area contributed by atoms with E-state index in [0.29, 0.717) is 19.3 Å². The fourth-order valence-corrected chi connectivity index (χ4v) is 2.81. The number of hydrogen-bond donors (Lipinski definition) is 1. The second-order valence-electron chi connectivity index (χ2n) is 4.41. The summed E-state index contributed by atoms with van der Waals surface area (Å²) in [5, 5.41) is 4.42. The van der Waals surface area contributed by atoms with E-state index in [1.807, 2.05) is 6.20 Å². The summed E-state index contributed by atoms with van der Waals surface area (Å²) >= 11 is 1.63. The Morgan fingerprint density at radius 2 is 2.19 bits per heavy atom. The molecule has 16 heavy (non-hydrogen) atoms. The van der Waals surface area contributed by atoms with Crippen LogP contribution in [0.25, 0.3) is 0 Å². The van der Waals surface area contributed by atoms with Crippen LogP contribution in [0.5, 0.6) is 0 Å². The standard InChI is InChI=1S/C11H16N2O2S/c1-7(8-2-3-8)13-11-12-6-9(16-11)10-14-4-5-15-10/h6-8,10H,2-5H2,1H3,(H,12,13). The molecule has 0 bridgehead atoms. The minimum absolute atomic E-state index is 0.190. The first-order valence-electron chi connectivity index (χ1n) is 5.78. The Kier molecular flexibility index (Phi) is 2.83. The van der Waals surface area contributed by atoms with Gasteiger partial charge in [-0.3, -0.25) is 0 Å². The Morgan fingerprint density at radius 1 is 1.44 bits per heavy atom. The van der Waals surface area contributed by atoms with Crippen LogP contribution in [0.2, 0.25) is 0 Å². The summed E-state index contributed by atoms with van der Waals surface area (Å²) in [7, 11) is 0. The van der Waals surface area contributed by atoms with Crippen LogP contribution >= 0.6 is 11.3 Å². The molecule has 0 amide bonds. The van der Waals surface area contributed by atoms with E-state index in [4.69, 9.17) is 9.47 Å². The van der Waals surface area contributed by atoms with Crippen LogP contribution < -0.4 is 5.32 Å². The largest absolute Gasteiger partial charge is 0.359 e. The molecule has 1 saturated carbocycles. The number of ether oxygens (including phenoxy) is 2. The van der Waals surface area contributed by atoms with Crippen molar-refractivity contribution in [2.24, 2.45) is 5.92 Å². The Bertz CT molecular complexity index is 359. The maximum atomic E-state index is 5.44. The highest BCUT2D eigenvalue weighted by Crippen LogP contribution is 2.35. The van der Waals surface area contributed by atoms with Gasteiger partial charge in [-0.1, -0.05) is 11.3 Å². The maximum absolute atomic E-state index is 5.44. The van der Waals surface area contributed by atoms with Gasteiger partial charge in [-0.25, -0.2) is 4.98 Å². The van der Waals surface area contributed by atoms with Crippen molar-refractivity contribution in [1.29, 1.82) is 0 Å². The molecule has 1 N–H and O–H groups in total. The zero-order valence-corrected chi connectivity index (χ0v) is 10.1. The second-order valence-corrected chi connectivity index (χ2v) is 5.47. The highest BCUT2D eigenvalue weighted by Gasteiger charge is 2.28. The Balaban J connectivity index is 1.62. The summed E-state index contributed by atoms with van der Waals surface area (Å²) in [5.41, 5.74) is 0. The molecule has 1 saturated heterocycles. The predicted molar refractivity (Wildman–Crippen MR) is 62.6 cm³/mol. The first kappa shape index (κ1) is 10.5. The average Bonchev–Trinajstić information content (AvgIpc) is 2.80. The summed E-state index contributed by atoms with van der Waals surface area (Å²) in [4.78, 5) is 5.42. The third-order valence-corrected chi connectivity index (χ3v) is 4.01. The number of rotatable bonds is 4. The van der Waals surface area contributed by atoms with Gasteiger partial charge in [-0.05, 0) is 25.7 Å². The van der Waals surface area contributed by atoms with Gasteiger partial charge < -0.3 is 14.8 Å². The minimum atomic E-state index is -0.190. The normalized spacial score (nSPS) is 23.6. The van der Waals surface area contributed by atoms with Crippen molar-refractivity contribution >= 4 is 16.5 Å². The zero-order valence-electron chi connectivity index (χ0n) is 9.31. The average molecular weight is 240 g/mol. The molecule has 1 aromatic heterocycles. The molecular formula is C11H16N2O2S. The smallest absolute Gasteiger partial charge is 0.194 e. The minimum Gasteiger partial charge on any atom is -0.359 e. The van der Waals surface area contributed by atoms with Gasteiger partial charge in [-0.2, -0.15) is 0 Å². The Morgan fingerprint density at radius 3 is 2.88 bits per heavy atom. The molecule has 1 aliphatic carbocycles. The van der Waals surface area contributed by atoms with Crippen molar-refractivity contribution in [1.82, 2.24) is 4.98 Å². The van der Waals surface area contributed by atoms with Crippen molar-refractivity contribution in [3.63, 3.8) is 0 Å². The summed E-state index contributed by atoms with van der Waals surface area (Å²) in [6.07, 6.45) is 4.36. The van der Waals surface area contributed by atoms with E-state index in [1.165, 1.54) is 12.8 Å². The van der Waals surface area contributed by atoms with E-state index in [2.05, 4.69) is 17.2 Å². The van der Waals surface area contributed by atoms with E-state index in [1.54, 1.807) is 11.3 Å². The van der Waals surface area contributed by atoms with Crippen LogP contribution in [0.1, 0.15) is 30.9 Å². The molecular weight excluding hydrogens is 224 g/mol. The lowest BCUT2D eigenvalue weighted by Gasteiger charge is -2.10. The Hall–Kier alpha value is -0.650. The first-order chi connectivity index (χ1) is 7.83. The highest BCUT2D eigenvalue weighted by atomic mass is 32.1. The Labute approximate surface area is 99.0 Å². The molecule has 1 aliphatic heterocycles. The zero-order chi connectivity index (χ0) is 11.0. The molecule has 3 rings (SSSR count). The van der Waals surface area contributed by atoms with Gasteiger partial charge in [0.2, 0.25) is 0 Å². The molecule has 2 fully saturated rings. The quantitative estimate of drug-likeness (QED) is 0.877. The third-order valence-electron chi connectivity index (χ3n) is 3.06. The van der Waals surface area contributed by atoms with E-state index in [-0.39, 0.29) is 6.29 Å². The van der Waals surface area contributed by atoms with Gasteiger partial charge >= 0.3 is 0 Å². The molecule has 0 aromatic carbocycles. The molecule has 0 radical (unpaired) electrons. The number of hydrogen-bond acceptors (Lipinski definition) is 5. The summed E-state index contributed by atoms with van der Waals surface area (Å²) in [5.74, 6) is 0.839. The molecule has 0 spiro atoms. The van der Waals surface area contributed by atoms with E-state index >= 15 is 0 Å². The summed E-state index contributed by atoms with van der Waals surface area (Å²) in [6.45, 7) is 3.59. The van der Waals surface area contributed by atoms with Crippen LogP contribution in [0.4, 0.5) is 5.13 Å². The molecule has 4 nitrogen and oxygen atoms in total. The first-order valence-corrected chi connectivity index (χ1v) is 6.60. The van der Waals surface area contributed by atoms with Crippen molar-refractivity contribution in [3.05, 3.63) is 11.1 Å². The third kappa shape index (κ3) is 2.21. The summed E-state index contributed by atoms with van der Waals surface area (Å²) < 4.78 is 10.9.